The Balaban J connectivity index is 3.50. The van der Waals surface area contributed by atoms with E-state index in [0.29, 0.717) is 19.3 Å². The molecule has 0 aromatic carbocycles. The maximum absolute atomic E-state index is 10.7. The summed E-state index contributed by atoms with van der Waals surface area (Å²) in [4.78, 5) is 10.7. The van der Waals surface area contributed by atoms with E-state index in [9.17, 15) is 4.79 Å². The van der Waals surface area contributed by atoms with E-state index in [0.717, 1.165) is 0 Å². The van der Waals surface area contributed by atoms with Gasteiger partial charge in [-0.05, 0) is 12.8 Å². The van der Waals surface area contributed by atoms with E-state index in [1.807, 2.05) is 5.43 Å². The number of hydrogen-bond donors (Lipinski definition) is 5. The van der Waals surface area contributed by atoms with Crippen molar-refractivity contribution < 1.29 is 4.79 Å². The molecule has 0 aliphatic carbocycles. The summed E-state index contributed by atoms with van der Waals surface area (Å²) in [6.07, 6.45) is 1.58. The van der Waals surface area contributed by atoms with Crippen molar-refractivity contribution >= 4 is 11.7 Å². The normalized spacial score (nSPS) is 12.2. The van der Waals surface area contributed by atoms with E-state index < -0.39 is 11.9 Å². The maximum atomic E-state index is 10.7. The molecule has 12 heavy (non-hydrogen) atoms. The lowest BCUT2D eigenvalue weighted by Gasteiger charge is -2.08. The number of carbonyl (C=O) groups excluding carboxylic acids is 1. The standard InChI is InChI=1S/C6H15N5O/c7-4(6(12)11-10)2-1-3-5(8)9/h4H,1-3,7,10H2,(H3,8,9)(H,11,12). The molecule has 8 N–H and O–H groups in total. The molecule has 0 aromatic heterocycles. The Labute approximate surface area is 71.0 Å². The first-order chi connectivity index (χ1) is 5.57. The zero-order valence-electron chi connectivity index (χ0n) is 6.84. The van der Waals surface area contributed by atoms with Crippen molar-refractivity contribution in [3.63, 3.8) is 0 Å². The van der Waals surface area contributed by atoms with Gasteiger partial charge in [0.1, 0.15) is 0 Å². The summed E-state index contributed by atoms with van der Waals surface area (Å²) in [5, 5.41) is 6.90. The Morgan fingerprint density at radius 1 is 1.58 bits per heavy atom. The molecular weight excluding hydrogens is 158 g/mol. The predicted octanol–water partition coefficient (Wildman–Crippen LogP) is -1.59. The van der Waals surface area contributed by atoms with Gasteiger partial charge in [0.25, 0.3) is 5.91 Å². The molecule has 0 aliphatic rings. The first kappa shape index (κ1) is 10.9. The van der Waals surface area contributed by atoms with Gasteiger partial charge in [-0.15, -0.1) is 0 Å². The number of nitrogens with two attached hydrogens (primary N) is 3. The maximum Gasteiger partial charge on any atom is 0.250 e. The van der Waals surface area contributed by atoms with Crippen molar-refractivity contribution in [3.05, 3.63) is 0 Å². The molecule has 0 bridgehead atoms. The SMILES string of the molecule is N=C(N)CCCC(N)C(=O)NN. The van der Waals surface area contributed by atoms with Gasteiger partial charge in [0, 0.05) is 6.42 Å². The Kier molecular flexibility index (Phi) is 4.98. The molecule has 70 valence electrons. The van der Waals surface area contributed by atoms with Crippen LogP contribution in [-0.2, 0) is 4.79 Å². The van der Waals surface area contributed by atoms with Gasteiger partial charge in [-0.2, -0.15) is 0 Å². The lowest BCUT2D eigenvalue weighted by molar-refractivity contribution is -0.122. The summed E-state index contributed by atoms with van der Waals surface area (Å²) in [5.41, 5.74) is 12.5. The van der Waals surface area contributed by atoms with Gasteiger partial charge in [0.2, 0.25) is 0 Å². The topological polar surface area (TPSA) is 131 Å². The highest BCUT2D eigenvalue weighted by Gasteiger charge is 2.10. The molecule has 0 heterocycles. The molecular formula is C6H15N5O. The van der Waals surface area contributed by atoms with Crippen LogP contribution in [0, 0.1) is 5.41 Å². The fourth-order valence-corrected chi connectivity index (χ4v) is 0.751. The zero-order chi connectivity index (χ0) is 9.56. The number of amidine groups is 1. The highest BCUT2D eigenvalue weighted by molar-refractivity contribution is 5.81. The molecule has 1 amide bonds. The van der Waals surface area contributed by atoms with E-state index in [4.69, 9.17) is 22.7 Å². The predicted molar refractivity (Wildman–Crippen MR) is 46.1 cm³/mol. The minimum atomic E-state index is -0.602. The number of amides is 1. The van der Waals surface area contributed by atoms with Crippen LogP contribution < -0.4 is 22.7 Å². The van der Waals surface area contributed by atoms with E-state index in [-0.39, 0.29) is 5.84 Å². The third kappa shape index (κ3) is 4.64. The molecule has 0 fully saturated rings. The van der Waals surface area contributed by atoms with Gasteiger partial charge in [-0.25, -0.2) is 5.84 Å². The average Bonchev–Trinajstić information content (AvgIpc) is 2.02. The second-order valence-electron chi connectivity index (χ2n) is 2.53. The molecule has 0 aromatic rings. The van der Waals surface area contributed by atoms with Gasteiger partial charge >= 0.3 is 0 Å². The van der Waals surface area contributed by atoms with Gasteiger partial charge in [0.15, 0.2) is 0 Å². The number of rotatable bonds is 5. The van der Waals surface area contributed by atoms with Crippen molar-refractivity contribution in [2.75, 3.05) is 0 Å². The lowest BCUT2D eigenvalue weighted by Crippen LogP contribution is -2.43. The third-order valence-corrected chi connectivity index (χ3v) is 1.44. The van der Waals surface area contributed by atoms with Gasteiger partial charge in [-0.3, -0.25) is 15.6 Å². The second kappa shape index (κ2) is 5.50. The Hall–Kier alpha value is -1.14. The molecule has 1 unspecified atom stereocenters. The Morgan fingerprint density at radius 3 is 2.58 bits per heavy atom. The second-order valence-corrected chi connectivity index (χ2v) is 2.53. The lowest BCUT2D eigenvalue weighted by atomic mass is 10.1. The first-order valence-corrected chi connectivity index (χ1v) is 3.67. The molecule has 0 saturated carbocycles. The van der Waals surface area contributed by atoms with Crippen LogP contribution in [0.4, 0.5) is 0 Å². The average molecular weight is 173 g/mol. The summed E-state index contributed by atoms with van der Waals surface area (Å²) in [6.45, 7) is 0. The molecule has 6 heteroatoms. The van der Waals surface area contributed by atoms with Crippen molar-refractivity contribution in [2.45, 2.75) is 25.3 Å². The van der Waals surface area contributed by atoms with Crippen molar-refractivity contribution in [1.82, 2.24) is 5.43 Å². The molecule has 0 spiro atoms. The van der Waals surface area contributed by atoms with Gasteiger partial charge in [-0.1, -0.05) is 0 Å². The largest absolute Gasteiger partial charge is 0.388 e. The van der Waals surface area contributed by atoms with Crippen molar-refractivity contribution in [2.24, 2.45) is 17.3 Å². The Bertz CT molecular complexity index is 169. The summed E-state index contributed by atoms with van der Waals surface area (Å²) < 4.78 is 0. The quantitative estimate of drug-likeness (QED) is 0.113. The molecule has 0 aliphatic heterocycles. The fourth-order valence-electron chi connectivity index (χ4n) is 0.751. The number of hydrazine groups is 1. The Morgan fingerprint density at radius 2 is 2.17 bits per heavy atom. The molecule has 1 atom stereocenters. The highest BCUT2D eigenvalue weighted by Crippen LogP contribution is 1.97. The molecule has 0 rings (SSSR count). The van der Waals surface area contributed by atoms with Gasteiger partial charge < -0.3 is 11.5 Å². The summed E-state index contributed by atoms with van der Waals surface area (Å²) in [5.74, 6) is 4.57. The summed E-state index contributed by atoms with van der Waals surface area (Å²) in [6, 6.07) is -0.602. The number of nitrogens with one attached hydrogen (secondary N) is 2. The monoisotopic (exact) mass is 173 g/mol. The van der Waals surface area contributed by atoms with Crippen molar-refractivity contribution in [3.8, 4) is 0 Å². The molecule has 6 nitrogen and oxygen atoms in total. The summed E-state index contributed by atoms with van der Waals surface area (Å²) in [7, 11) is 0. The van der Waals surface area contributed by atoms with Crippen LogP contribution in [-0.4, -0.2) is 17.8 Å². The minimum Gasteiger partial charge on any atom is -0.388 e. The minimum absolute atomic E-state index is 0.107. The van der Waals surface area contributed by atoms with Crippen LogP contribution in [0.2, 0.25) is 0 Å². The molecule has 0 radical (unpaired) electrons. The van der Waals surface area contributed by atoms with Crippen LogP contribution in [0.15, 0.2) is 0 Å². The van der Waals surface area contributed by atoms with E-state index in [1.165, 1.54) is 0 Å². The van der Waals surface area contributed by atoms with Crippen LogP contribution in [0.5, 0.6) is 0 Å². The zero-order valence-corrected chi connectivity index (χ0v) is 6.84. The number of hydrogen-bond acceptors (Lipinski definition) is 4. The highest BCUT2D eigenvalue weighted by atomic mass is 16.2. The van der Waals surface area contributed by atoms with Crippen LogP contribution in [0.1, 0.15) is 19.3 Å². The van der Waals surface area contributed by atoms with E-state index in [1.54, 1.807) is 0 Å². The van der Waals surface area contributed by atoms with Crippen LogP contribution in [0.25, 0.3) is 0 Å². The van der Waals surface area contributed by atoms with Crippen LogP contribution >= 0.6 is 0 Å². The van der Waals surface area contributed by atoms with Gasteiger partial charge in [0.05, 0.1) is 11.9 Å². The third-order valence-electron chi connectivity index (χ3n) is 1.44. The summed E-state index contributed by atoms with van der Waals surface area (Å²) >= 11 is 0. The van der Waals surface area contributed by atoms with E-state index in [2.05, 4.69) is 0 Å². The molecule has 0 saturated heterocycles. The van der Waals surface area contributed by atoms with Crippen LogP contribution in [0.3, 0.4) is 0 Å². The smallest absolute Gasteiger partial charge is 0.250 e. The fraction of sp³-hybridized carbons (Fsp3) is 0.667. The van der Waals surface area contributed by atoms with E-state index >= 15 is 0 Å². The first-order valence-electron chi connectivity index (χ1n) is 3.67. The van der Waals surface area contributed by atoms with Crippen molar-refractivity contribution in [1.29, 1.82) is 5.41 Å². The number of carbonyl (C=O) groups is 1.